The molecule has 0 radical (unpaired) electrons. The number of benzene rings is 1. The molecule has 1 amide bonds. The first-order valence-electron chi connectivity index (χ1n) is 7.94. The summed E-state index contributed by atoms with van der Waals surface area (Å²) in [6.07, 6.45) is 2.39. The molecule has 1 N–H and O–H groups in total. The number of cyclic esters (lactones) is 1. The molecule has 0 bridgehead atoms. The number of esters is 1. The van der Waals surface area contributed by atoms with Crippen molar-refractivity contribution in [3.8, 4) is 0 Å². The summed E-state index contributed by atoms with van der Waals surface area (Å²) in [4.78, 5) is 24.6. The molecule has 1 heterocycles. The highest BCUT2D eigenvalue weighted by atomic mass is 16.6. The average molecular weight is 303 g/mol. The van der Waals surface area contributed by atoms with Crippen LogP contribution in [0.5, 0.6) is 0 Å². The maximum absolute atomic E-state index is 12.5. The summed E-state index contributed by atoms with van der Waals surface area (Å²) in [6, 6.07) is 7.37. The van der Waals surface area contributed by atoms with Gasteiger partial charge in [0.15, 0.2) is 5.60 Å². The molecule has 2 rings (SSSR count). The van der Waals surface area contributed by atoms with E-state index in [0.29, 0.717) is 17.9 Å². The molecule has 4 nitrogen and oxygen atoms in total. The van der Waals surface area contributed by atoms with Gasteiger partial charge in [0, 0.05) is 12.5 Å². The Bertz CT molecular complexity index is 567. The molecule has 0 fully saturated rings. The lowest BCUT2D eigenvalue weighted by Gasteiger charge is -2.34. The van der Waals surface area contributed by atoms with Gasteiger partial charge in [-0.05, 0) is 44.2 Å². The summed E-state index contributed by atoms with van der Waals surface area (Å²) in [6.45, 7) is 8.00. The summed E-state index contributed by atoms with van der Waals surface area (Å²) in [7, 11) is 0. The highest BCUT2D eigenvalue weighted by molar-refractivity contribution is 5.97. The minimum atomic E-state index is -1.13. The molecule has 0 aromatic heterocycles. The maximum atomic E-state index is 12.5. The molecule has 0 aliphatic carbocycles. The number of amides is 1. The minimum absolute atomic E-state index is 0.0718. The number of rotatable bonds is 5. The van der Waals surface area contributed by atoms with E-state index in [1.165, 1.54) is 0 Å². The van der Waals surface area contributed by atoms with Crippen LogP contribution in [0.2, 0.25) is 0 Å². The van der Waals surface area contributed by atoms with Crippen molar-refractivity contribution in [1.82, 2.24) is 5.32 Å². The SMILES string of the molecule is CC(C)CCC(C)NC(=O)C1(C)Cc2ccccc2C(=O)O1. The van der Waals surface area contributed by atoms with Crippen LogP contribution in [-0.2, 0) is 16.0 Å². The number of carbonyl (C=O) groups is 2. The number of fused-ring (bicyclic) bond motifs is 1. The third kappa shape index (κ3) is 3.67. The molecule has 0 saturated carbocycles. The smallest absolute Gasteiger partial charge is 0.339 e. The van der Waals surface area contributed by atoms with Crippen LogP contribution in [-0.4, -0.2) is 23.5 Å². The van der Waals surface area contributed by atoms with Gasteiger partial charge in [-0.15, -0.1) is 0 Å². The first-order valence-corrected chi connectivity index (χ1v) is 7.94. The van der Waals surface area contributed by atoms with Crippen LogP contribution >= 0.6 is 0 Å². The van der Waals surface area contributed by atoms with Crippen molar-refractivity contribution in [2.45, 2.75) is 58.6 Å². The van der Waals surface area contributed by atoms with Crippen LogP contribution in [0.1, 0.15) is 56.5 Å². The van der Waals surface area contributed by atoms with Crippen molar-refractivity contribution in [3.05, 3.63) is 35.4 Å². The average Bonchev–Trinajstić information content (AvgIpc) is 2.45. The van der Waals surface area contributed by atoms with Crippen LogP contribution in [0.3, 0.4) is 0 Å². The fourth-order valence-corrected chi connectivity index (χ4v) is 2.69. The van der Waals surface area contributed by atoms with Gasteiger partial charge in [0.1, 0.15) is 0 Å². The van der Waals surface area contributed by atoms with E-state index in [9.17, 15) is 9.59 Å². The lowest BCUT2D eigenvalue weighted by atomic mass is 9.89. The Balaban J connectivity index is 2.05. The van der Waals surface area contributed by atoms with Gasteiger partial charge in [0.2, 0.25) is 0 Å². The zero-order chi connectivity index (χ0) is 16.3. The van der Waals surface area contributed by atoms with Gasteiger partial charge in [-0.2, -0.15) is 0 Å². The van der Waals surface area contributed by atoms with Gasteiger partial charge in [-0.1, -0.05) is 32.0 Å². The second kappa shape index (κ2) is 6.51. The Morgan fingerprint density at radius 1 is 1.27 bits per heavy atom. The second-order valence-electron chi connectivity index (χ2n) is 6.80. The molecule has 2 atom stereocenters. The van der Waals surface area contributed by atoms with Gasteiger partial charge < -0.3 is 10.1 Å². The molecule has 0 saturated heterocycles. The normalized spacial score (nSPS) is 22.0. The molecule has 1 aliphatic heterocycles. The lowest BCUT2D eigenvalue weighted by molar-refractivity contribution is -0.140. The second-order valence-corrected chi connectivity index (χ2v) is 6.80. The zero-order valence-corrected chi connectivity index (χ0v) is 13.8. The fraction of sp³-hybridized carbons (Fsp3) is 0.556. The van der Waals surface area contributed by atoms with Crippen molar-refractivity contribution >= 4 is 11.9 Å². The molecule has 22 heavy (non-hydrogen) atoms. The Labute approximate surface area is 132 Å². The number of nitrogens with one attached hydrogen (secondary N) is 1. The number of ether oxygens (including phenoxy) is 1. The largest absolute Gasteiger partial charge is 0.445 e. The van der Waals surface area contributed by atoms with E-state index in [-0.39, 0.29) is 11.9 Å². The van der Waals surface area contributed by atoms with Crippen LogP contribution in [0.4, 0.5) is 0 Å². The molecular formula is C18H25NO3. The summed E-state index contributed by atoms with van der Waals surface area (Å²) < 4.78 is 5.44. The van der Waals surface area contributed by atoms with Crippen LogP contribution < -0.4 is 5.32 Å². The first kappa shape index (κ1) is 16.5. The predicted molar refractivity (Wildman–Crippen MR) is 85.6 cm³/mol. The molecular weight excluding hydrogens is 278 g/mol. The van der Waals surface area contributed by atoms with E-state index in [2.05, 4.69) is 19.2 Å². The van der Waals surface area contributed by atoms with E-state index < -0.39 is 11.6 Å². The number of hydrogen-bond donors (Lipinski definition) is 1. The van der Waals surface area contributed by atoms with E-state index in [0.717, 1.165) is 18.4 Å². The van der Waals surface area contributed by atoms with Crippen LogP contribution in [0, 0.1) is 5.92 Å². The summed E-state index contributed by atoms with van der Waals surface area (Å²) in [5, 5.41) is 2.98. The zero-order valence-electron chi connectivity index (χ0n) is 13.8. The summed E-state index contributed by atoms with van der Waals surface area (Å²) >= 11 is 0. The summed E-state index contributed by atoms with van der Waals surface area (Å²) in [5.74, 6) is -0.0322. The van der Waals surface area contributed by atoms with Gasteiger partial charge in [0.05, 0.1) is 5.56 Å². The Morgan fingerprint density at radius 2 is 1.95 bits per heavy atom. The van der Waals surface area contributed by atoms with E-state index in [4.69, 9.17) is 4.74 Å². The maximum Gasteiger partial charge on any atom is 0.339 e. The quantitative estimate of drug-likeness (QED) is 0.850. The molecule has 1 aromatic rings. The fourth-order valence-electron chi connectivity index (χ4n) is 2.69. The van der Waals surface area contributed by atoms with Crippen molar-refractivity contribution in [1.29, 1.82) is 0 Å². The van der Waals surface area contributed by atoms with Crippen LogP contribution in [0.15, 0.2) is 24.3 Å². The van der Waals surface area contributed by atoms with Gasteiger partial charge >= 0.3 is 5.97 Å². The Kier molecular flexibility index (Phi) is 4.89. The molecule has 1 aromatic carbocycles. The van der Waals surface area contributed by atoms with E-state index >= 15 is 0 Å². The molecule has 0 spiro atoms. The number of carbonyl (C=O) groups excluding carboxylic acids is 2. The first-order chi connectivity index (χ1) is 10.3. The summed E-state index contributed by atoms with van der Waals surface area (Å²) in [5.41, 5.74) is 0.296. The predicted octanol–water partition coefficient (Wildman–Crippen LogP) is 3.10. The van der Waals surface area contributed by atoms with Crippen LogP contribution in [0.25, 0.3) is 0 Å². The van der Waals surface area contributed by atoms with Crippen molar-refractivity contribution in [2.24, 2.45) is 5.92 Å². The third-order valence-corrected chi connectivity index (χ3v) is 4.12. The highest BCUT2D eigenvalue weighted by Crippen LogP contribution is 2.28. The monoisotopic (exact) mass is 303 g/mol. The third-order valence-electron chi connectivity index (χ3n) is 4.12. The van der Waals surface area contributed by atoms with Gasteiger partial charge in [0.25, 0.3) is 5.91 Å². The Hall–Kier alpha value is -1.84. The Morgan fingerprint density at radius 3 is 2.64 bits per heavy atom. The molecule has 120 valence electrons. The van der Waals surface area contributed by atoms with E-state index in [1.807, 2.05) is 19.1 Å². The molecule has 4 heteroatoms. The number of hydrogen-bond acceptors (Lipinski definition) is 3. The minimum Gasteiger partial charge on any atom is -0.445 e. The highest BCUT2D eigenvalue weighted by Gasteiger charge is 2.42. The molecule has 1 aliphatic rings. The van der Waals surface area contributed by atoms with E-state index in [1.54, 1.807) is 19.1 Å². The van der Waals surface area contributed by atoms with Crippen molar-refractivity contribution in [3.63, 3.8) is 0 Å². The molecule has 2 unspecified atom stereocenters. The van der Waals surface area contributed by atoms with Gasteiger partial charge in [-0.3, -0.25) is 4.79 Å². The topological polar surface area (TPSA) is 55.4 Å². The van der Waals surface area contributed by atoms with Crippen molar-refractivity contribution < 1.29 is 14.3 Å². The van der Waals surface area contributed by atoms with Gasteiger partial charge in [-0.25, -0.2) is 4.79 Å². The lowest BCUT2D eigenvalue weighted by Crippen LogP contribution is -2.53. The van der Waals surface area contributed by atoms with Crippen molar-refractivity contribution in [2.75, 3.05) is 0 Å². The standard InChI is InChI=1S/C18H25NO3/c1-12(2)9-10-13(3)19-17(21)18(4)11-14-7-5-6-8-15(14)16(20)22-18/h5-8,12-13H,9-11H2,1-4H3,(H,19,21).